The zero-order chi connectivity index (χ0) is 32.4. The Morgan fingerprint density at radius 3 is 2.36 bits per heavy atom. The fourth-order valence-corrected chi connectivity index (χ4v) is 5.01. The van der Waals surface area contributed by atoms with Gasteiger partial charge < -0.3 is 20.6 Å². The van der Waals surface area contributed by atoms with E-state index in [1.54, 1.807) is 30.3 Å². The number of nitrogens with zero attached hydrogens (tertiary/aromatic N) is 2. The first-order valence-electron chi connectivity index (χ1n) is 14.3. The molecule has 0 atom stereocenters. The molecule has 1 aromatic heterocycles. The summed E-state index contributed by atoms with van der Waals surface area (Å²) in [6, 6.07) is 19.9. The van der Waals surface area contributed by atoms with Gasteiger partial charge in [-0.2, -0.15) is 13.2 Å². The Bertz CT molecular complexity index is 1650. The van der Waals surface area contributed by atoms with Gasteiger partial charge in [0.1, 0.15) is 6.29 Å². The molecule has 3 N–H and O–H groups in total. The Kier molecular flexibility index (Phi) is 11.0. The van der Waals surface area contributed by atoms with Crippen molar-refractivity contribution in [3.05, 3.63) is 113 Å². The molecule has 11 heteroatoms. The second-order valence-electron chi connectivity index (χ2n) is 10.3. The average Bonchev–Trinajstić information content (AvgIpc) is 3.08. The maximum absolute atomic E-state index is 13.1. The van der Waals surface area contributed by atoms with E-state index in [4.69, 9.17) is 5.11 Å². The number of alkyl halides is 3. The number of halogens is 3. The molecule has 1 saturated heterocycles. The summed E-state index contributed by atoms with van der Waals surface area (Å²) in [5, 5.41) is 12.6. The zero-order valence-corrected chi connectivity index (χ0v) is 24.6. The van der Waals surface area contributed by atoms with Gasteiger partial charge in [-0.25, -0.2) is 0 Å². The Balaban J connectivity index is 0.00000226. The van der Waals surface area contributed by atoms with Gasteiger partial charge in [0, 0.05) is 60.9 Å². The Labute approximate surface area is 258 Å². The number of benzene rings is 3. The van der Waals surface area contributed by atoms with Gasteiger partial charge in [-0.15, -0.1) is 0 Å². The number of carbonyl (C=O) groups excluding carboxylic acids is 3. The van der Waals surface area contributed by atoms with E-state index in [2.05, 4.69) is 20.5 Å². The van der Waals surface area contributed by atoms with Crippen LogP contribution in [0.1, 0.15) is 61.5 Å². The van der Waals surface area contributed by atoms with Crippen LogP contribution in [0.25, 0.3) is 11.3 Å². The predicted molar refractivity (Wildman–Crippen MR) is 166 cm³/mol. The number of aliphatic hydroxyl groups is 1. The van der Waals surface area contributed by atoms with Crippen molar-refractivity contribution in [2.75, 3.05) is 30.4 Å². The number of rotatable bonds is 8. The highest BCUT2D eigenvalue weighted by Gasteiger charge is 2.30. The molecule has 8 nitrogen and oxygen atoms in total. The number of anilines is 2. The number of nitrogens with one attached hydrogen (secondary N) is 2. The first-order valence-corrected chi connectivity index (χ1v) is 14.3. The standard InChI is InChI=1S/C33H29F3N4O3.CH4O/c34-33(35,36)26-9-5-6-22(17-26)20-38-31(42)25-12-13-37-30(18-25)28-19-27(40-14-2-1-3-15-40)10-11-29(28)39-32(43)24-8-4-7-23(16-24)21-41;1-2/h4-13,16-19,21H,1-3,14-15,20H2,(H,38,42)(H,39,43);2H,1H3. The highest BCUT2D eigenvalue weighted by molar-refractivity contribution is 6.07. The highest BCUT2D eigenvalue weighted by Crippen LogP contribution is 2.33. The molecule has 5 rings (SSSR count). The van der Waals surface area contributed by atoms with E-state index in [0.29, 0.717) is 39.9 Å². The molecule has 0 aliphatic carbocycles. The van der Waals surface area contributed by atoms with Gasteiger partial charge in [-0.1, -0.05) is 24.3 Å². The van der Waals surface area contributed by atoms with Gasteiger partial charge in [0.05, 0.1) is 16.9 Å². The quantitative estimate of drug-likeness (QED) is 0.198. The first-order chi connectivity index (χ1) is 21.7. The number of aromatic nitrogens is 1. The van der Waals surface area contributed by atoms with Crippen LogP contribution in [0.3, 0.4) is 0 Å². The van der Waals surface area contributed by atoms with E-state index < -0.39 is 23.6 Å². The van der Waals surface area contributed by atoms with E-state index in [-0.39, 0.29) is 12.1 Å². The molecule has 2 heterocycles. The van der Waals surface area contributed by atoms with E-state index in [9.17, 15) is 27.6 Å². The monoisotopic (exact) mass is 618 g/mol. The van der Waals surface area contributed by atoms with E-state index in [1.807, 2.05) is 12.1 Å². The van der Waals surface area contributed by atoms with Crippen LogP contribution >= 0.6 is 0 Å². The summed E-state index contributed by atoms with van der Waals surface area (Å²) >= 11 is 0. The van der Waals surface area contributed by atoms with Crippen LogP contribution in [0.4, 0.5) is 24.5 Å². The molecule has 3 aromatic carbocycles. The number of aliphatic hydroxyl groups excluding tert-OH is 1. The molecule has 1 aliphatic rings. The van der Waals surface area contributed by atoms with Crippen LogP contribution < -0.4 is 15.5 Å². The Hall–Kier alpha value is -5.03. The first kappa shape index (κ1) is 32.9. The molecule has 234 valence electrons. The van der Waals surface area contributed by atoms with Gasteiger partial charge in [0.15, 0.2) is 0 Å². The highest BCUT2D eigenvalue weighted by atomic mass is 19.4. The minimum Gasteiger partial charge on any atom is -0.400 e. The lowest BCUT2D eigenvalue weighted by Crippen LogP contribution is -2.29. The number of pyridine rings is 1. The van der Waals surface area contributed by atoms with Crippen molar-refractivity contribution in [2.45, 2.75) is 32.0 Å². The van der Waals surface area contributed by atoms with Crippen molar-refractivity contribution < 1.29 is 32.7 Å². The zero-order valence-electron chi connectivity index (χ0n) is 24.6. The smallest absolute Gasteiger partial charge is 0.400 e. The SMILES string of the molecule is CO.O=Cc1cccc(C(=O)Nc2ccc(N3CCCCC3)cc2-c2cc(C(=O)NCc3cccc(C(F)(F)F)c3)ccn2)c1. The molecule has 4 aromatic rings. The average molecular weight is 619 g/mol. The van der Waals surface area contributed by atoms with Crippen LogP contribution in [0.2, 0.25) is 0 Å². The summed E-state index contributed by atoms with van der Waals surface area (Å²) < 4.78 is 39.3. The molecular formula is C34H33F3N4O4. The van der Waals surface area contributed by atoms with Crippen LogP contribution in [-0.2, 0) is 12.7 Å². The van der Waals surface area contributed by atoms with Gasteiger partial charge in [0.2, 0.25) is 0 Å². The second-order valence-corrected chi connectivity index (χ2v) is 10.3. The summed E-state index contributed by atoms with van der Waals surface area (Å²) in [5.41, 5.74) is 2.93. The van der Waals surface area contributed by atoms with Gasteiger partial charge >= 0.3 is 6.18 Å². The molecule has 0 saturated carbocycles. The number of carbonyl (C=O) groups is 3. The second kappa shape index (κ2) is 15.1. The lowest BCUT2D eigenvalue weighted by Gasteiger charge is -2.29. The molecule has 1 aliphatic heterocycles. The number of hydrogen-bond donors (Lipinski definition) is 3. The molecular weight excluding hydrogens is 585 g/mol. The molecule has 0 radical (unpaired) electrons. The summed E-state index contributed by atoms with van der Waals surface area (Å²) in [4.78, 5) is 44.1. The third-order valence-corrected chi connectivity index (χ3v) is 7.26. The fourth-order valence-electron chi connectivity index (χ4n) is 5.01. The minimum atomic E-state index is -4.48. The number of amides is 2. The predicted octanol–water partition coefficient (Wildman–Crippen LogP) is 6.36. The number of aldehydes is 1. The molecule has 0 spiro atoms. The maximum Gasteiger partial charge on any atom is 0.416 e. The van der Waals surface area contributed by atoms with Crippen molar-refractivity contribution in [3.8, 4) is 11.3 Å². The van der Waals surface area contributed by atoms with Crippen molar-refractivity contribution in [1.29, 1.82) is 0 Å². The number of hydrogen-bond acceptors (Lipinski definition) is 6. The molecule has 0 unspecified atom stereocenters. The van der Waals surface area contributed by atoms with Crippen LogP contribution in [0.5, 0.6) is 0 Å². The molecule has 45 heavy (non-hydrogen) atoms. The number of piperidine rings is 1. The Morgan fingerprint density at radius 1 is 0.889 bits per heavy atom. The van der Waals surface area contributed by atoms with Gasteiger partial charge in [-0.3, -0.25) is 19.4 Å². The maximum atomic E-state index is 13.1. The van der Waals surface area contributed by atoms with Crippen molar-refractivity contribution >= 4 is 29.5 Å². The van der Waals surface area contributed by atoms with E-state index in [1.165, 1.54) is 30.5 Å². The summed E-state index contributed by atoms with van der Waals surface area (Å²) in [7, 11) is 1.00. The Morgan fingerprint density at radius 2 is 1.62 bits per heavy atom. The third-order valence-electron chi connectivity index (χ3n) is 7.26. The summed E-state index contributed by atoms with van der Waals surface area (Å²) in [5.74, 6) is -0.893. The lowest BCUT2D eigenvalue weighted by molar-refractivity contribution is -0.137. The largest absolute Gasteiger partial charge is 0.416 e. The van der Waals surface area contributed by atoms with Crippen molar-refractivity contribution in [3.63, 3.8) is 0 Å². The normalized spacial score (nSPS) is 12.9. The van der Waals surface area contributed by atoms with Crippen molar-refractivity contribution in [1.82, 2.24) is 10.3 Å². The van der Waals surface area contributed by atoms with E-state index in [0.717, 1.165) is 57.3 Å². The fraction of sp³-hybridized carbons (Fsp3) is 0.235. The van der Waals surface area contributed by atoms with Gasteiger partial charge in [-0.05, 0) is 79.4 Å². The third kappa shape index (κ3) is 8.54. The molecule has 2 amide bonds. The van der Waals surface area contributed by atoms with Crippen LogP contribution in [-0.4, -0.2) is 48.4 Å². The topological polar surface area (TPSA) is 112 Å². The molecule has 1 fully saturated rings. The van der Waals surface area contributed by atoms with Crippen LogP contribution in [0.15, 0.2) is 85.1 Å². The van der Waals surface area contributed by atoms with Crippen molar-refractivity contribution in [2.24, 2.45) is 0 Å². The van der Waals surface area contributed by atoms with Gasteiger partial charge in [0.25, 0.3) is 11.8 Å². The molecule has 0 bridgehead atoms. The lowest BCUT2D eigenvalue weighted by atomic mass is 10.0. The van der Waals surface area contributed by atoms with Crippen LogP contribution in [0, 0.1) is 0 Å². The summed E-state index contributed by atoms with van der Waals surface area (Å²) in [6.45, 7) is 1.70. The minimum absolute atomic E-state index is 0.0913. The van der Waals surface area contributed by atoms with E-state index >= 15 is 0 Å². The summed E-state index contributed by atoms with van der Waals surface area (Å²) in [6.07, 6.45) is 0.968.